The number of anilines is 1. The highest BCUT2D eigenvalue weighted by atomic mass is 35.5. The van der Waals surface area contributed by atoms with Crippen LogP contribution in [-0.2, 0) is 26.0 Å². The number of hydrogen-bond acceptors (Lipinski definition) is 6. The van der Waals surface area contributed by atoms with Gasteiger partial charge in [0, 0.05) is 10.7 Å². The SMILES string of the molecule is CCOC(=O)c1ccc(NC(=O)C(Cc2ccccc2)NS(=O)(=O)c2cc(Cl)ccc2OCC)cc1. The fourth-order valence-corrected chi connectivity index (χ4v) is 4.99. The molecule has 36 heavy (non-hydrogen) atoms. The van der Waals surface area contributed by atoms with Crippen LogP contribution in [-0.4, -0.2) is 39.5 Å². The summed E-state index contributed by atoms with van der Waals surface area (Å²) in [6, 6.07) is 18.3. The molecule has 1 amide bonds. The normalized spacial score (nSPS) is 12.0. The average molecular weight is 531 g/mol. The molecule has 0 radical (unpaired) electrons. The first kappa shape index (κ1) is 27.2. The lowest BCUT2D eigenvalue weighted by atomic mass is 10.1. The van der Waals surface area contributed by atoms with Crippen molar-refractivity contribution in [3.05, 3.63) is 88.9 Å². The molecular formula is C26H27ClN2O6S. The first-order valence-corrected chi connectivity index (χ1v) is 13.2. The van der Waals surface area contributed by atoms with E-state index in [1.54, 1.807) is 50.2 Å². The number of benzene rings is 3. The van der Waals surface area contributed by atoms with E-state index in [1.165, 1.54) is 30.3 Å². The Labute approximate surface area is 215 Å². The second kappa shape index (κ2) is 12.5. The number of rotatable bonds is 11. The molecule has 3 aromatic rings. The molecule has 0 fully saturated rings. The lowest BCUT2D eigenvalue weighted by molar-refractivity contribution is -0.117. The van der Waals surface area contributed by atoms with Crippen LogP contribution in [0.25, 0.3) is 0 Å². The summed E-state index contributed by atoms with van der Waals surface area (Å²) >= 11 is 6.05. The van der Waals surface area contributed by atoms with Crippen LogP contribution >= 0.6 is 11.6 Å². The van der Waals surface area contributed by atoms with Crippen LogP contribution in [0.15, 0.2) is 77.7 Å². The Bertz CT molecular complexity index is 1300. The van der Waals surface area contributed by atoms with Gasteiger partial charge in [-0.1, -0.05) is 41.9 Å². The van der Waals surface area contributed by atoms with Crippen LogP contribution < -0.4 is 14.8 Å². The summed E-state index contributed by atoms with van der Waals surface area (Å²) in [5, 5.41) is 2.92. The van der Waals surface area contributed by atoms with Gasteiger partial charge in [-0.3, -0.25) is 4.79 Å². The van der Waals surface area contributed by atoms with E-state index in [0.717, 1.165) is 5.56 Å². The third kappa shape index (κ3) is 7.30. The Hall–Kier alpha value is -3.40. The van der Waals surface area contributed by atoms with Crippen LogP contribution in [0.1, 0.15) is 29.8 Å². The van der Waals surface area contributed by atoms with Crippen molar-refractivity contribution in [3.8, 4) is 5.75 Å². The third-order valence-electron chi connectivity index (χ3n) is 5.06. The molecule has 0 aliphatic rings. The fraction of sp³-hybridized carbons (Fsp3) is 0.231. The van der Waals surface area contributed by atoms with Crippen molar-refractivity contribution in [2.45, 2.75) is 31.2 Å². The number of ether oxygens (including phenoxy) is 2. The van der Waals surface area contributed by atoms with Gasteiger partial charge in [-0.25, -0.2) is 13.2 Å². The quantitative estimate of drug-likeness (QED) is 0.354. The molecule has 3 aromatic carbocycles. The highest BCUT2D eigenvalue weighted by Gasteiger charge is 2.29. The molecule has 0 spiro atoms. The number of hydrogen-bond donors (Lipinski definition) is 2. The Balaban J connectivity index is 1.87. The molecule has 0 aliphatic heterocycles. The molecule has 0 saturated carbocycles. The number of carbonyl (C=O) groups excluding carboxylic acids is 2. The molecule has 0 heterocycles. The molecule has 0 bridgehead atoms. The first-order chi connectivity index (χ1) is 17.2. The van der Waals surface area contributed by atoms with E-state index in [2.05, 4.69) is 10.0 Å². The van der Waals surface area contributed by atoms with Crippen molar-refractivity contribution >= 4 is 39.2 Å². The van der Waals surface area contributed by atoms with Gasteiger partial charge in [-0.2, -0.15) is 4.72 Å². The maximum absolute atomic E-state index is 13.3. The Morgan fingerprint density at radius 2 is 1.64 bits per heavy atom. The number of esters is 1. The molecule has 2 N–H and O–H groups in total. The maximum atomic E-state index is 13.3. The zero-order valence-corrected chi connectivity index (χ0v) is 21.4. The van der Waals surface area contributed by atoms with Crippen molar-refractivity contribution in [2.75, 3.05) is 18.5 Å². The van der Waals surface area contributed by atoms with Crippen LogP contribution in [0, 0.1) is 0 Å². The molecule has 0 saturated heterocycles. The molecule has 1 atom stereocenters. The molecule has 3 rings (SSSR count). The highest BCUT2D eigenvalue weighted by Crippen LogP contribution is 2.28. The number of sulfonamides is 1. The van der Waals surface area contributed by atoms with Gasteiger partial charge in [0.2, 0.25) is 15.9 Å². The molecule has 10 heteroatoms. The smallest absolute Gasteiger partial charge is 0.338 e. The van der Waals surface area contributed by atoms with Crippen molar-refractivity contribution in [2.24, 2.45) is 0 Å². The molecule has 8 nitrogen and oxygen atoms in total. The van der Waals surface area contributed by atoms with E-state index in [-0.39, 0.29) is 35.3 Å². The third-order valence-corrected chi connectivity index (χ3v) is 6.78. The van der Waals surface area contributed by atoms with Crippen molar-refractivity contribution < 1.29 is 27.5 Å². The summed E-state index contributed by atoms with van der Waals surface area (Å²) in [7, 11) is -4.20. The summed E-state index contributed by atoms with van der Waals surface area (Å²) in [5.41, 5.74) is 1.48. The van der Waals surface area contributed by atoms with Crippen molar-refractivity contribution in [1.82, 2.24) is 4.72 Å². The van der Waals surface area contributed by atoms with Gasteiger partial charge in [-0.05, 0) is 68.3 Å². The van der Waals surface area contributed by atoms with Gasteiger partial charge in [0.1, 0.15) is 16.7 Å². The minimum absolute atomic E-state index is 0.0946. The zero-order valence-electron chi connectivity index (χ0n) is 19.9. The molecule has 0 aliphatic carbocycles. The van der Waals surface area contributed by atoms with E-state index in [0.29, 0.717) is 11.3 Å². The van der Waals surface area contributed by atoms with Gasteiger partial charge in [0.25, 0.3) is 0 Å². The van der Waals surface area contributed by atoms with Gasteiger partial charge in [0.15, 0.2) is 0 Å². The van der Waals surface area contributed by atoms with Crippen molar-refractivity contribution in [3.63, 3.8) is 0 Å². The van der Waals surface area contributed by atoms with Crippen LogP contribution in [0.2, 0.25) is 5.02 Å². The molecule has 1 unspecified atom stereocenters. The summed E-state index contributed by atoms with van der Waals surface area (Å²) in [5.74, 6) is -0.925. The van der Waals surface area contributed by atoms with E-state index in [9.17, 15) is 18.0 Å². The summed E-state index contributed by atoms with van der Waals surface area (Å²) in [6.45, 7) is 3.94. The minimum atomic E-state index is -4.20. The largest absolute Gasteiger partial charge is 0.492 e. The molecule has 190 valence electrons. The first-order valence-electron chi connectivity index (χ1n) is 11.3. The summed E-state index contributed by atoms with van der Waals surface area (Å²) in [4.78, 5) is 24.9. The lowest BCUT2D eigenvalue weighted by Gasteiger charge is -2.20. The topological polar surface area (TPSA) is 111 Å². The summed E-state index contributed by atoms with van der Waals surface area (Å²) < 4.78 is 39.6. The monoisotopic (exact) mass is 530 g/mol. The number of halogens is 1. The summed E-state index contributed by atoms with van der Waals surface area (Å²) in [6.07, 6.45) is 0.0946. The number of carbonyl (C=O) groups is 2. The predicted molar refractivity (Wildman–Crippen MR) is 138 cm³/mol. The van der Waals surface area contributed by atoms with Crippen LogP contribution in [0.4, 0.5) is 5.69 Å². The van der Waals surface area contributed by atoms with Gasteiger partial charge >= 0.3 is 5.97 Å². The molecule has 0 aromatic heterocycles. The van der Waals surface area contributed by atoms with Gasteiger partial charge in [0.05, 0.1) is 18.8 Å². The van der Waals surface area contributed by atoms with E-state index >= 15 is 0 Å². The second-order valence-electron chi connectivity index (χ2n) is 7.67. The highest BCUT2D eigenvalue weighted by molar-refractivity contribution is 7.89. The Kier molecular flexibility index (Phi) is 9.46. The standard InChI is InChI=1S/C26H27ClN2O6S/c1-3-34-23-15-12-20(27)17-24(23)36(32,33)29-22(16-18-8-6-5-7-9-18)25(30)28-21-13-10-19(11-14-21)26(31)35-4-2/h5-15,17,22,29H,3-4,16H2,1-2H3,(H,28,30). The second-order valence-corrected chi connectivity index (χ2v) is 9.79. The van der Waals surface area contributed by atoms with Crippen LogP contribution in [0.3, 0.4) is 0 Å². The average Bonchev–Trinajstić information content (AvgIpc) is 2.86. The van der Waals surface area contributed by atoms with E-state index in [1.807, 2.05) is 6.07 Å². The maximum Gasteiger partial charge on any atom is 0.338 e. The number of nitrogens with one attached hydrogen (secondary N) is 2. The van der Waals surface area contributed by atoms with Gasteiger partial charge in [-0.15, -0.1) is 0 Å². The van der Waals surface area contributed by atoms with Gasteiger partial charge < -0.3 is 14.8 Å². The van der Waals surface area contributed by atoms with E-state index in [4.69, 9.17) is 21.1 Å². The van der Waals surface area contributed by atoms with Crippen molar-refractivity contribution in [1.29, 1.82) is 0 Å². The lowest BCUT2D eigenvalue weighted by Crippen LogP contribution is -2.45. The fourth-order valence-electron chi connectivity index (χ4n) is 3.39. The molecular weight excluding hydrogens is 504 g/mol. The predicted octanol–water partition coefficient (Wildman–Crippen LogP) is 4.44. The zero-order chi connectivity index (χ0) is 26.1. The Morgan fingerprint density at radius 1 is 0.944 bits per heavy atom. The Morgan fingerprint density at radius 3 is 2.28 bits per heavy atom. The minimum Gasteiger partial charge on any atom is -0.492 e. The van der Waals surface area contributed by atoms with E-state index < -0.39 is 27.9 Å². The number of amides is 1. The van der Waals surface area contributed by atoms with Crippen LogP contribution in [0.5, 0.6) is 5.75 Å².